The maximum atomic E-state index is 12.5. The van der Waals surface area contributed by atoms with Crippen LogP contribution in [0.25, 0.3) is 0 Å². The van der Waals surface area contributed by atoms with Gasteiger partial charge in [-0.3, -0.25) is 9.69 Å². The number of nitrogens with zero attached hydrogens (tertiary/aromatic N) is 1. The smallest absolute Gasteiger partial charge is 0.237 e. The second-order valence-corrected chi connectivity index (χ2v) is 6.85. The van der Waals surface area contributed by atoms with E-state index in [-0.39, 0.29) is 18.1 Å². The first-order valence-electron chi connectivity index (χ1n) is 8.75. The Bertz CT molecular complexity index is 489. The summed E-state index contributed by atoms with van der Waals surface area (Å²) in [6.45, 7) is 7.53. The van der Waals surface area contributed by atoms with Crippen LogP contribution in [0, 0.1) is 0 Å². The predicted molar refractivity (Wildman–Crippen MR) is 93.4 cm³/mol. The lowest BCUT2D eigenvalue weighted by Gasteiger charge is -2.30. The number of nitrogens with one attached hydrogen (secondary N) is 1. The summed E-state index contributed by atoms with van der Waals surface area (Å²) in [6.07, 6.45) is 2.62. The molecule has 1 aromatic rings. The third kappa shape index (κ3) is 5.05. The molecule has 1 aromatic carbocycles. The Morgan fingerprint density at radius 2 is 2.00 bits per heavy atom. The van der Waals surface area contributed by atoms with Crippen LogP contribution in [0.1, 0.15) is 51.5 Å². The summed E-state index contributed by atoms with van der Waals surface area (Å²) >= 11 is 0. The molecule has 4 atom stereocenters. The van der Waals surface area contributed by atoms with E-state index < -0.39 is 0 Å². The van der Waals surface area contributed by atoms with E-state index in [0.29, 0.717) is 18.5 Å². The van der Waals surface area contributed by atoms with Crippen molar-refractivity contribution < 1.29 is 9.90 Å². The summed E-state index contributed by atoms with van der Waals surface area (Å²) < 4.78 is 0. The third-order valence-electron chi connectivity index (χ3n) is 4.86. The van der Waals surface area contributed by atoms with E-state index in [1.54, 1.807) is 0 Å². The Hall–Kier alpha value is -1.39. The molecule has 1 aliphatic rings. The number of hydrogen-bond acceptors (Lipinski definition) is 3. The highest BCUT2D eigenvalue weighted by Gasteiger charge is 2.32. The molecule has 0 spiro atoms. The maximum absolute atomic E-state index is 12.5. The van der Waals surface area contributed by atoms with Gasteiger partial charge in [0.05, 0.1) is 12.1 Å². The quantitative estimate of drug-likeness (QED) is 0.812. The lowest BCUT2D eigenvalue weighted by atomic mass is 10.0. The van der Waals surface area contributed by atoms with Gasteiger partial charge in [-0.25, -0.2) is 0 Å². The number of rotatable bonds is 7. The van der Waals surface area contributed by atoms with E-state index in [1.807, 2.05) is 32.0 Å². The van der Waals surface area contributed by atoms with E-state index in [4.69, 9.17) is 0 Å². The van der Waals surface area contributed by atoms with Crippen LogP contribution in [0.3, 0.4) is 0 Å². The van der Waals surface area contributed by atoms with Crippen molar-refractivity contribution in [3.05, 3.63) is 35.9 Å². The normalized spacial score (nSPS) is 22.5. The van der Waals surface area contributed by atoms with Gasteiger partial charge >= 0.3 is 0 Å². The van der Waals surface area contributed by atoms with Crippen molar-refractivity contribution in [2.75, 3.05) is 13.1 Å². The van der Waals surface area contributed by atoms with Gasteiger partial charge in [0.1, 0.15) is 0 Å². The van der Waals surface area contributed by atoms with E-state index >= 15 is 0 Å². The second kappa shape index (κ2) is 8.46. The summed E-state index contributed by atoms with van der Waals surface area (Å²) in [5.74, 6) is 0.393. The second-order valence-electron chi connectivity index (χ2n) is 6.85. The lowest BCUT2D eigenvalue weighted by molar-refractivity contribution is -0.126. The van der Waals surface area contributed by atoms with Crippen LogP contribution in [-0.4, -0.2) is 47.2 Å². The van der Waals surface area contributed by atoms with Gasteiger partial charge in [0.15, 0.2) is 0 Å². The standard InChI is InChI=1S/C19H30N2O2/c1-14(17-8-5-4-6-9-17)13-20-19(23)16(3)21-11-7-10-18(21)12-15(2)22/h4-6,8-9,14-16,18,22H,7,10-13H2,1-3H3,(H,20,23). The van der Waals surface area contributed by atoms with Gasteiger partial charge in [0.25, 0.3) is 0 Å². The largest absolute Gasteiger partial charge is 0.393 e. The van der Waals surface area contributed by atoms with Crippen molar-refractivity contribution in [2.45, 2.75) is 64.1 Å². The number of aliphatic hydroxyl groups is 1. The van der Waals surface area contributed by atoms with E-state index in [9.17, 15) is 9.90 Å². The highest BCUT2D eigenvalue weighted by molar-refractivity contribution is 5.81. The molecule has 128 valence electrons. The summed E-state index contributed by atoms with van der Waals surface area (Å²) in [5, 5.41) is 12.7. The molecule has 4 heteroatoms. The Kier molecular flexibility index (Phi) is 6.60. The minimum Gasteiger partial charge on any atom is -0.393 e. The first-order valence-corrected chi connectivity index (χ1v) is 8.75. The van der Waals surface area contributed by atoms with Crippen LogP contribution in [0.5, 0.6) is 0 Å². The predicted octanol–water partition coefficient (Wildman–Crippen LogP) is 2.53. The average Bonchev–Trinajstić information content (AvgIpc) is 2.99. The van der Waals surface area contributed by atoms with E-state index in [2.05, 4.69) is 29.3 Å². The molecule has 0 bridgehead atoms. The van der Waals surface area contributed by atoms with Gasteiger partial charge < -0.3 is 10.4 Å². The molecular weight excluding hydrogens is 288 g/mol. The van der Waals surface area contributed by atoms with Gasteiger partial charge in [-0.1, -0.05) is 37.3 Å². The SMILES string of the molecule is CC(O)CC1CCCN1C(C)C(=O)NCC(C)c1ccccc1. The van der Waals surface area contributed by atoms with Gasteiger partial charge in [0, 0.05) is 12.6 Å². The number of aliphatic hydroxyl groups excluding tert-OH is 1. The molecule has 23 heavy (non-hydrogen) atoms. The third-order valence-corrected chi connectivity index (χ3v) is 4.86. The fourth-order valence-electron chi connectivity index (χ4n) is 3.47. The highest BCUT2D eigenvalue weighted by Crippen LogP contribution is 2.24. The van der Waals surface area contributed by atoms with Crippen molar-refractivity contribution >= 4 is 5.91 Å². The first-order chi connectivity index (χ1) is 11.0. The maximum Gasteiger partial charge on any atom is 0.237 e. The monoisotopic (exact) mass is 318 g/mol. The minimum atomic E-state index is -0.311. The number of carbonyl (C=O) groups is 1. The van der Waals surface area contributed by atoms with Gasteiger partial charge in [-0.2, -0.15) is 0 Å². The number of benzene rings is 1. The molecule has 0 aliphatic carbocycles. The molecule has 1 saturated heterocycles. The molecule has 4 nitrogen and oxygen atoms in total. The molecule has 0 radical (unpaired) electrons. The Morgan fingerprint density at radius 3 is 2.65 bits per heavy atom. The van der Waals surface area contributed by atoms with Crippen LogP contribution in [0.2, 0.25) is 0 Å². The molecule has 0 saturated carbocycles. The van der Waals surface area contributed by atoms with E-state index in [1.165, 1.54) is 5.56 Å². The van der Waals surface area contributed by atoms with E-state index in [0.717, 1.165) is 25.8 Å². The number of hydrogen-bond donors (Lipinski definition) is 2. The Morgan fingerprint density at radius 1 is 1.30 bits per heavy atom. The first kappa shape index (κ1) is 18.0. The minimum absolute atomic E-state index is 0.0882. The summed E-state index contributed by atoms with van der Waals surface area (Å²) in [5.41, 5.74) is 1.24. The van der Waals surface area contributed by atoms with Crippen molar-refractivity contribution in [2.24, 2.45) is 0 Å². The van der Waals surface area contributed by atoms with Gasteiger partial charge in [-0.05, 0) is 51.1 Å². The topological polar surface area (TPSA) is 52.6 Å². The molecule has 0 aromatic heterocycles. The Balaban J connectivity index is 1.85. The van der Waals surface area contributed by atoms with Crippen LogP contribution in [0.4, 0.5) is 0 Å². The summed E-state index contributed by atoms with van der Waals surface area (Å²) in [4.78, 5) is 14.7. The van der Waals surface area contributed by atoms with Gasteiger partial charge in [0.2, 0.25) is 5.91 Å². The zero-order chi connectivity index (χ0) is 16.8. The molecule has 1 fully saturated rings. The number of likely N-dealkylation sites (tertiary alicyclic amines) is 1. The molecule has 1 amide bonds. The van der Waals surface area contributed by atoms with Crippen molar-refractivity contribution in [1.82, 2.24) is 10.2 Å². The Labute approximate surface area is 139 Å². The molecule has 2 N–H and O–H groups in total. The average molecular weight is 318 g/mol. The van der Waals surface area contributed by atoms with Crippen molar-refractivity contribution in [3.8, 4) is 0 Å². The fraction of sp³-hybridized carbons (Fsp3) is 0.632. The summed E-state index contributed by atoms with van der Waals surface area (Å²) in [6, 6.07) is 10.4. The van der Waals surface area contributed by atoms with Crippen LogP contribution < -0.4 is 5.32 Å². The molecule has 1 heterocycles. The number of amides is 1. The fourth-order valence-corrected chi connectivity index (χ4v) is 3.47. The molecule has 2 rings (SSSR count). The molecular formula is C19H30N2O2. The zero-order valence-electron chi connectivity index (χ0n) is 14.5. The van der Waals surface area contributed by atoms with Crippen molar-refractivity contribution in [1.29, 1.82) is 0 Å². The van der Waals surface area contributed by atoms with Crippen LogP contribution in [-0.2, 0) is 4.79 Å². The van der Waals surface area contributed by atoms with Crippen LogP contribution >= 0.6 is 0 Å². The molecule has 4 unspecified atom stereocenters. The lowest BCUT2D eigenvalue weighted by Crippen LogP contribution is -2.48. The zero-order valence-corrected chi connectivity index (χ0v) is 14.5. The van der Waals surface area contributed by atoms with Gasteiger partial charge in [-0.15, -0.1) is 0 Å². The van der Waals surface area contributed by atoms with Crippen LogP contribution in [0.15, 0.2) is 30.3 Å². The van der Waals surface area contributed by atoms with Crippen molar-refractivity contribution in [3.63, 3.8) is 0 Å². The highest BCUT2D eigenvalue weighted by atomic mass is 16.3. The number of carbonyl (C=O) groups excluding carboxylic acids is 1. The summed E-state index contributed by atoms with van der Waals surface area (Å²) in [7, 11) is 0. The molecule has 1 aliphatic heterocycles.